The Hall–Kier alpha value is 0.558. The number of hydrogen-bond acceptors (Lipinski definition) is 0. The molecule has 0 nitrogen and oxygen atoms in total. The van der Waals surface area contributed by atoms with Crippen LogP contribution < -0.4 is 0 Å². The van der Waals surface area contributed by atoms with Crippen LogP contribution in [0, 0.1) is 11.8 Å². The average Bonchev–Trinajstić information content (AvgIpc) is 1.81. The van der Waals surface area contributed by atoms with Crippen LogP contribution >= 0.6 is 0 Å². The summed E-state index contributed by atoms with van der Waals surface area (Å²) in [4.78, 5) is 0. The van der Waals surface area contributed by atoms with E-state index >= 15 is 0 Å². The minimum atomic E-state index is -0.609. The Morgan fingerprint density at radius 2 is 1.15 bits per heavy atom. The van der Waals surface area contributed by atoms with Gasteiger partial charge >= 0.3 is 89.6 Å². The van der Waals surface area contributed by atoms with Crippen molar-refractivity contribution in [2.45, 2.75) is 63.1 Å². The van der Waals surface area contributed by atoms with Gasteiger partial charge < -0.3 is 0 Å². The van der Waals surface area contributed by atoms with Crippen LogP contribution in [0.5, 0.6) is 0 Å². The van der Waals surface area contributed by atoms with Crippen molar-refractivity contribution in [3.8, 4) is 0 Å². The standard InChI is InChI=1S/C12H27As/c1-10(2)8-13(9-11(3)4)12(5,6)7/h10-11H,8-9H2,1-7H3. The molecule has 0 N–H and O–H groups in total. The fraction of sp³-hybridized carbons (Fsp3) is 1.00. The number of rotatable bonds is 4. The zero-order chi connectivity index (χ0) is 10.6. The van der Waals surface area contributed by atoms with Crippen molar-refractivity contribution >= 4 is 14.7 Å². The van der Waals surface area contributed by atoms with Crippen molar-refractivity contribution in [2.75, 3.05) is 0 Å². The van der Waals surface area contributed by atoms with Gasteiger partial charge in [-0.25, -0.2) is 0 Å². The SMILES string of the molecule is CC(C)C[As](CC(C)C)C(C)(C)C. The second-order valence-electron chi connectivity index (χ2n) is 5.86. The summed E-state index contributed by atoms with van der Waals surface area (Å²) in [6.07, 6.45) is 0. The molecule has 0 amide bonds. The van der Waals surface area contributed by atoms with Crippen molar-refractivity contribution in [2.24, 2.45) is 11.8 Å². The van der Waals surface area contributed by atoms with Gasteiger partial charge in [-0.1, -0.05) is 0 Å². The third-order valence-corrected chi connectivity index (χ3v) is 11.0. The summed E-state index contributed by atoms with van der Waals surface area (Å²) < 4.78 is 0.627. The van der Waals surface area contributed by atoms with Gasteiger partial charge in [0.25, 0.3) is 0 Å². The Balaban J connectivity index is 4.20. The first kappa shape index (κ1) is 13.6. The van der Waals surface area contributed by atoms with Gasteiger partial charge in [-0.15, -0.1) is 0 Å². The summed E-state index contributed by atoms with van der Waals surface area (Å²) in [5.74, 6) is 1.80. The van der Waals surface area contributed by atoms with Gasteiger partial charge in [-0.2, -0.15) is 0 Å². The zero-order valence-corrected chi connectivity index (χ0v) is 12.4. The van der Waals surface area contributed by atoms with Crippen molar-refractivity contribution in [3.05, 3.63) is 0 Å². The predicted octanol–water partition coefficient (Wildman–Crippen LogP) is 4.59. The van der Waals surface area contributed by atoms with Crippen LogP contribution in [0.1, 0.15) is 48.5 Å². The molecule has 0 rings (SSSR count). The van der Waals surface area contributed by atoms with E-state index in [0.717, 1.165) is 11.8 Å². The molecule has 0 aromatic carbocycles. The van der Waals surface area contributed by atoms with Gasteiger partial charge in [-0.05, 0) is 0 Å². The van der Waals surface area contributed by atoms with E-state index in [1.54, 1.807) is 0 Å². The van der Waals surface area contributed by atoms with Crippen LogP contribution in [0.15, 0.2) is 0 Å². The van der Waals surface area contributed by atoms with E-state index in [-0.39, 0.29) is 0 Å². The van der Waals surface area contributed by atoms with E-state index in [4.69, 9.17) is 0 Å². The molecule has 0 aliphatic heterocycles. The Labute approximate surface area is 89.8 Å². The van der Waals surface area contributed by atoms with Gasteiger partial charge in [0, 0.05) is 0 Å². The van der Waals surface area contributed by atoms with Crippen LogP contribution in [0.25, 0.3) is 0 Å². The fourth-order valence-electron chi connectivity index (χ4n) is 1.50. The van der Waals surface area contributed by atoms with E-state index < -0.39 is 14.7 Å². The quantitative estimate of drug-likeness (QED) is 0.636. The molecule has 0 saturated heterocycles. The monoisotopic (exact) mass is 246 g/mol. The molecular formula is C12H27As. The van der Waals surface area contributed by atoms with Gasteiger partial charge in [0.2, 0.25) is 0 Å². The molecule has 0 aromatic rings. The Kier molecular flexibility index (Phi) is 5.68. The molecule has 0 aliphatic carbocycles. The molecule has 0 atom stereocenters. The van der Waals surface area contributed by atoms with E-state index in [2.05, 4.69) is 48.5 Å². The third-order valence-electron chi connectivity index (χ3n) is 2.12. The van der Waals surface area contributed by atoms with E-state index in [1.807, 2.05) is 0 Å². The summed E-state index contributed by atoms with van der Waals surface area (Å²) in [6, 6.07) is 0. The zero-order valence-electron chi connectivity index (χ0n) is 10.5. The van der Waals surface area contributed by atoms with Crippen LogP contribution in [0.3, 0.4) is 0 Å². The minimum absolute atomic E-state index is 0.609. The summed E-state index contributed by atoms with van der Waals surface area (Å²) in [5, 5.41) is 3.04. The topological polar surface area (TPSA) is 0 Å². The van der Waals surface area contributed by atoms with Crippen molar-refractivity contribution in [3.63, 3.8) is 0 Å². The van der Waals surface area contributed by atoms with Crippen LogP contribution in [-0.4, -0.2) is 14.7 Å². The Morgan fingerprint density at radius 1 is 0.846 bits per heavy atom. The van der Waals surface area contributed by atoms with E-state index in [0.29, 0.717) is 4.20 Å². The maximum absolute atomic E-state index is 2.44. The number of hydrogen-bond donors (Lipinski definition) is 0. The molecular weight excluding hydrogens is 219 g/mol. The molecule has 0 fully saturated rings. The molecule has 0 spiro atoms. The molecule has 0 radical (unpaired) electrons. The summed E-state index contributed by atoms with van der Waals surface area (Å²) in [7, 11) is 0. The molecule has 80 valence electrons. The van der Waals surface area contributed by atoms with Crippen molar-refractivity contribution in [1.29, 1.82) is 0 Å². The van der Waals surface area contributed by atoms with Crippen LogP contribution in [0.2, 0.25) is 14.6 Å². The molecule has 0 bridgehead atoms. The molecule has 1 heteroatoms. The van der Waals surface area contributed by atoms with Crippen molar-refractivity contribution < 1.29 is 0 Å². The van der Waals surface area contributed by atoms with E-state index in [1.165, 1.54) is 10.4 Å². The second-order valence-corrected chi connectivity index (χ2v) is 12.5. The predicted molar refractivity (Wildman–Crippen MR) is 64.8 cm³/mol. The average molecular weight is 246 g/mol. The molecule has 0 aromatic heterocycles. The first-order chi connectivity index (χ1) is 5.73. The van der Waals surface area contributed by atoms with E-state index in [9.17, 15) is 0 Å². The molecule has 0 aliphatic rings. The van der Waals surface area contributed by atoms with Gasteiger partial charge in [0.05, 0.1) is 0 Å². The molecule has 0 saturated carbocycles. The Bertz CT molecular complexity index is 121. The first-order valence-corrected chi connectivity index (χ1v) is 9.07. The molecule has 13 heavy (non-hydrogen) atoms. The normalized spacial score (nSPS) is 13.4. The van der Waals surface area contributed by atoms with Crippen molar-refractivity contribution in [1.82, 2.24) is 0 Å². The molecule has 0 unspecified atom stereocenters. The fourth-order valence-corrected chi connectivity index (χ4v) is 7.81. The maximum atomic E-state index is 2.44. The van der Waals surface area contributed by atoms with Gasteiger partial charge in [0.1, 0.15) is 0 Å². The van der Waals surface area contributed by atoms with Gasteiger partial charge in [-0.3, -0.25) is 0 Å². The summed E-state index contributed by atoms with van der Waals surface area (Å²) in [5.41, 5.74) is 0. The summed E-state index contributed by atoms with van der Waals surface area (Å²) in [6.45, 7) is 16.8. The third kappa shape index (κ3) is 6.61. The Morgan fingerprint density at radius 3 is 1.31 bits per heavy atom. The van der Waals surface area contributed by atoms with Crippen LogP contribution in [0.4, 0.5) is 0 Å². The first-order valence-electron chi connectivity index (χ1n) is 5.48. The second kappa shape index (κ2) is 5.44. The van der Waals surface area contributed by atoms with Crippen LogP contribution in [-0.2, 0) is 0 Å². The van der Waals surface area contributed by atoms with Gasteiger partial charge in [0.15, 0.2) is 0 Å². The summed E-state index contributed by atoms with van der Waals surface area (Å²) >= 11 is -0.609. The molecule has 0 heterocycles.